The van der Waals surface area contributed by atoms with E-state index in [4.69, 9.17) is 9.47 Å². The Hall–Kier alpha value is -3.40. The lowest BCUT2D eigenvalue weighted by molar-refractivity contribution is -0.121. The molecular weight excluding hydrogens is 516 g/mol. The summed E-state index contributed by atoms with van der Waals surface area (Å²) in [4.78, 5) is 14.0. The molecule has 0 radical (unpaired) electrons. The number of nitrogens with one attached hydrogen (secondary N) is 1. The van der Waals surface area contributed by atoms with Gasteiger partial charge in [0.2, 0.25) is 22.7 Å². The number of carbonyl (C=O) groups excluding carboxylic acids is 1. The van der Waals surface area contributed by atoms with Gasteiger partial charge in [0.1, 0.15) is 0 Å². The Kier molecular flexibility index (Phi) is 6.82. The third kappa shape index (κ3) is 4.68. The van der Waals surface area contributed by atoms with E-state index >= 15 is 0 Å². The first-order valence-electron chi connectivity index (χ1n) is 13.5. The largest absolute Gasteiger partial charge is 0.454 e. The van der Waals surface area contributed by atoms with E-state index in [-0.39, 0.29) is 30.2 Å². The number of hydrogen-bond donors (Lipinski definition) is 2. The minimum atomic E-state index is -3.67. The second-order valence-corrected chi connectivity index (χ2v) is 12.4. The number of anilines is 1. The number of nitrogens with zero attached hydrogens (tertiary/aromatic N) is 1. The van der Waals surface area contributed by atoms with Crippen molar-refractivity contribution in [1.82, 2.24) is 4.31 Å². The van der Waals surface area contributed by atoms with Crippen molar-refractivity contribution in [3.8, 4) is 22.6 Å². The molecule has 1 amide bonds. The lowest BCUT2D eigenvalue weighted by atomic mass is 9.77. The van der Waals surface area contributed by atoms with Gasteiger partial charge in [0.15, 0.2) is 11.5 Å². The van der Waals surface area contributed by atoms with Crippen LogP contribution in [0.4, 0.5) is 5.69 Å². The highest BCUT2D eigenvalue weighted by Gasteiger charge is 2.43. The summed E-state index contributed by atoms with van der Waals surface area (Å²) in [6, 6.07) is 19.8. The first-order chi connectivity index (χ1) is 18.9. The minimum absolute atomic E-state index is 0.0403. The Bertz CT molecular complexity index is 1480. The molecular formula is C30H32N2O6S. The average Bonchev–Trinajstić information content (AvgIpc) is 3.74. The van der Waals surface area contributed by atoms with Gasteiger partial charge in [-0.1, -0.05) is 43.2 Å². The molecule has 9 heteroatoms. The van der Waals surface area contributed by atoms with Crippen molar-refractivity contribution in [1.29, 1.82) is 0 Å². The summed E-state index contributed by atoms with van der Waals surface area (Å²) in [7, 11) is -3.67. The molecule has 0 bridgehead atoms. The van der Waals surface area contributed by atoms with Gasteiger partial charge in [0.05, 0.1) is 16.9 Å². The summed E-state index contributed by atoms with van der Waals surface area (Å²) < 4.78 is 38.7. The van der Waals surface area contributed by atoms with Gasteiger partial charge in [-0.15, -0.1) is 0 Å². The number of hydrogen-bond acceptors (Lipinski definition) is 6. The van der Waals surface area contributed by atoms with Gasteiger partial charge in [0.25, 0.3) is 0 Å². The van der Waals surface area contributed by atoms with Crippen LogP contribution in [0.5, 0.6) is 11.5 Å². The summed E-state index contributed by atoms with van der Waals surface area (Å²) in [5, 5.41) is 12.7. The Morgan fingerprint density at radius 1 is 0.949 bits per heavy atom. The van der Waals surface area contributed by atoms with Crippen molar-refractivity contribution in [3.05, 3.63) is 72.3 Å². The molecule has 2 heterocycles. The van der Waals surface area contributed by atoms with Crippen LogP contribution in [0.15, 0.2) is 71.6 Å². The van der Waals surface area contributed by atoms with E-state index in [1.807, 2.05) is 42.5 Å². The van der Waals surface area contributed by atoms with Gasteiger partial charge in [-0.25, -0.2) is 8.42 Å². The van der Waals surface area contributed by atoms with Crippen molar-refractivity contribution in [3.63, 3.8) is 0 Å². The normalized spacial score (nSPS) is 20.3. The number of carbonyl (C=O) groups is 1. The molecule has 2 fully saturated rings. The number of fused-ring (bicyclic) bond motifs is 1. The standard InChI is InChI=1S/C30H32N2O6S/c33-19-25-7-4-16-32(25)39(35,36)26-11-8-21(9-12-26)22-5-3-6-24(17-22)31-29(34)30(14-1-2-15-30)23-10-13-27-28(18-23)38-20-37-27/h3,5-6,8-13,17-18,25,33H,1-2,4,7,14-16,19-20H2,(H,31,34)/t25-/m1/s1. The Morgan fingerprint density at radius 2 is 1.72 bits per heavy atom. The molecule has 3 aromatic carbocycles. The Labute approximate surface area is 228 Å². The van der Waals surface area contributed by atoms with Crippen LogP contribution in [-0.2, 0) is 20.2 Å². The summed E-state index contributed by atoms with van der Waals surface area (Å²) in [5.41, 5.74) is 2.71. The molecule has 6 rings (SSSR count). The number of ether oxygens (including phenoxy) is 2. The van der Waals surface area contributed by atoms with Gasteiger partial charge >= 0.3 is 0 Å². The van der Waals surface area contributed by atoms with Gasteiger partial charge in [-0.3, -0.25) is 4.79 Å². The zero-order valence-corrected chi connectivity index (χ0v) is 22.5. The number of aliphatic hydroxyl groups is 1. The molecule has 0 spiro atoms. The number of sulfonamides is 1. The second kappa shape index (κ2) is 10.3. The maximum absolute atomic E-state index is 13.7. The zero-order valence-electron chi connectivity index (χ0n) is 21.6. The fourth-order valence-electron chi connectivity index (χ4n) is 6.11. The maximum atomic E-state index is 13.7. The van der Waals surface area contributed by atoms with E-state index in [0.29, 0.717) is 30.2 Å². The van der Waals surface area contributed by atoms with Crippen LogP contribution in [0.3, 0.4) is 0 Å². The first kappa shape index (κ1) is 25.9. The summed E-state index contributed by atoms with van der Waals surface area (Å²) in [5.74, 6) is 1.34. The van der Waals surface area contributed by atoms with Gasteiger partial charge in [-0.2, -0.15) is 4.31 Å². The minimum Gasteiger partial charge on any atom is -0.454 e. The SMILES string of the molecule is O=C(Nc1cccc(-c2ccc(S(=O)(=O)N3CCC[C@@H]3CO)cc2)c1)C1(c2ccc3c(c2)OCO3)CCCC1. The number of amides is 1. The molecule has 1 saturated carbocycles. The average molecular weight is 549 g/mol. The van der Waals surface area contributed by atoms with Gasteiger partial charge in [-0.05, 0) is 78.8 Å². The number of aliphatic hydroxyl groups excluding tert-OH is 1. The third-order valence-corrected chi connectivity index (χ3v) is 10.2. The van der Waals surface area contributed by atoms with Crippen LogP contribution in [0.2, 0.25) is 0 Å². The molecule has 1 saturated heterocycles. The van der Waals surface area contributed by atoms with E-state index in [1.165, 1.54) is 4.31 Å². The van der Waals surface area contributed by atoms with Crippen LogP contribution < -0.4 is 14.8 Å². The van der Waals surface area contributed by atoms with E-state index < -0.39 is 15.4 Å². The van der Waals surface area contributed by atoms with Crippen molar-refractivity contribution in [2.45, 2.75) is 54.9 Å². The van der Waals surface area contributed by atoms with Crippen LogP contribution in [0.1, 0.15) is 44.1 Å². The molecule has 1 atom stereocenters. The van der Waals surface area contributed by atoms with Crippen LogP contribution >= 0.6 is 0 Å². The summed E-state index contributed by atoms with van der Waals surface area (Å²) >= 11 is 0. The number of rotatable bonds is 7. The summed E-state index contributed by atoms with van der Waals surface area (Å²) in [6.45, 7) is 0.440. The summed E-state index contributed by atoms with van der Waals surface area (Å²) in [6.07, 6.45) is 4.91. The molecule has 2 aliphatic heterocycles. The van der Waals surface area contributed by atoms with Crippen molar-refractivity contribution < 1.29 is 27.8 Å². The quantitative estimate of drug-likeness (QED) is 0.444. The van der Waals surface area contributed by atoms with Crippen molar-refractivity contribution in [2.24, 2.45) is 0 Å². The van der Waals surface area contributed by atoms with Crippen molar-refractivity contribution in [2.75, 3.05) is 25.3 Å². The molecule has 1 aliphatic carbocycles. The molecule has 3 aliphatic rings. The lowest BCUT2D eigenvalue weighted by Crippen LogP contribution is -2.38. The molecule has 204 valence electrons. The molecule has 39 heavy (non-hydrogen) atoms. The first-order valence-corrected chi connectivity index (χ1v) is 14.9. The van der Waals surface area contributed by atoms with E-state index in [0.717, 1.165) is 48.8 Å². The topological polar surface area (TPSA) is 105 Å². The van der Waals surface area contributed by atoms with E-state index in [1.54, 1.807) is 24.3 Å². The third-order valence-electron chi connectivity index (χ3n) is 8.27. The fourth-order valence-corrected chi connectivity index (χ4v) is 7.79. The monoisotopic (exact) mass is 548 g/mol. The highest BCUT2D eigenvalue weighted by molar-refractivity contribution is 7.89. The molecule has 3 aromatic rings. The van der Waals surface area contributed by atoms with E-state index in [9.17, 15) is 18.3 Å². The van der Waals surface area contributed by atoms with Gasteiger partial charge < -0.3 is 19.9 Å². The lowest BCUT2D eigenvalue weighted by Gasteiger charge is -2.28. The predicted octanol–water partition coefficient (Wildman–Crippen LogP) is 4.68. The zero-order chi connectivity index (χ0) is 27.0. The number of benzene rings is 3. The maximum Gasteiger partial charge on any atom is 0.243 e. The molecule has 8 nitrogen and oxygen atoms in total. The molecule has 2 N–H and O–H groups in total. The van der Waals surface area contributed by atoms with Crippen LogP contribution in [0, 0.1) is 0 Å². The Morgan fingerprint density at radius 3 is 2.49 bits per heavy atom. The molecule has 0 unspecified atom stereocenters. The van der Waals surface area contributed by atoms with E-state index in [2.05, 4.69) is 5.32 Å². The Balaban J connectivity index is 1.22. The van der Waals surface area contributed by atoms with Crippen molar-refractivity contribution >= 4 is 21.6 Å². The van der Waals surface area contributed by atoms with Gasteiger partial charge in [0, 0.05) is 18.3 Å². The highest BCUT2D eigenvalue weighted by atomic mass is 32.2. The second-order valence-electron chi connectivity index (χ2n) is 10.5. The fraction of sp³-hybridized carbons (Fsp3) is 0.367. The van der Waals surface area contributed by atoms with Crippen LogP contribution in [0.25, 0.3) is 11.1 Å². The highest BCUT2D eigenvalue weighted by Crippen LogP contribution is 2.45. The molecule has 0 aromatic heterocycles. The predicted molar refractivity (Wildman–Crippen MR) is 147 cm³/mol. The van der Waals surface area contributed by atoms with Crippen LogP contribution in [-0.4, -0.2) is 49.7 Å². The smallest absolute Gasteiger partial charge is 0.243 e.